The fourth-order valence-electron chi connectivity index (χ4n) is 4.00. The summed E-state index contributed by atoms with van der Waals surface area (Å²) in [5, 5.41) is 3.59. The van der Waals surface area contributed by atoms with E-state index in [9.17, 15) is 0 Å². The van der Waals surface area contributed by atoms with Gasteiger partial charge in [0.2, 0.25) is 0 Å². The number of guanidine groups is 1. The standard InChI is InChI=1S/C22H35N5/c1-19(25(3)17-20-9-5-4-6-10-20)11-13-24-22(23-2)27-16-12-21(18-27)26-14-7-8-15-26/h4-10,19,21H,11-18H2,1-3H3,(H,23,24). The molecular weight excluding hydrogens is 334 g/mol. The zero-order chi connectivity index (χ0) is 19.1. The fourth-order valence-corrected chi connectivity index (χ4v) is 4.00. The number of hydrogen-bond donors (Lipinski definition) is 1. The van der Waals surface area contributed by atoms with E-state index in [0.717, 1.165) is 51.6 Å². The predicted molar refractivity (Wildman–Crippen MR) is 114 cm³/mol. The van der Waals surface area contributed by atoms with Crippen LogP contribution < -0.4 is 5.32 Å². The van der Waals surface area contributed by atoms with Gasteiger partial charge < -0.3 is 10.2 Å². The minimum absolute atomic E-state index is 0.526. The van der Waals surface area contributed by atoms with Crippen LogP contribution in [0.2, 0.25) is 0 Å². The zero-order valence-electron chi connectivity index (χ0n) is 17.1. The first-order valence-corrected chi connectivity index (χ1v) is 10.3. The van der Waals surface area contributed by atoms with Gasteiger partial charge in [-0.3, -0.25) is 14.8 Å². The first kappa shape index (κ1) is 19.9. The van der Waals surface area contributed by atoms with Gasteiger partial charge >= 0.3 is 0 Å². The second-order valence-electron chi connectivity index (χ2n) is 7.83. The monoisotopic (exact) mass is 369 g/mol. The molecule has 148 valence electrons. The molecule has 0 radical (unpaired) electrons. The quantitative estimate of drug-likeness (QED) is 0.455. The second kappa shape index (κ2) is 9.90. The molecule has 5 heteroatoms. The van der Waals surface area contributed by atoms with Crippen molar-refractivity contribution in [3.63, 3.8) is 0 Å². The maximum absolute atomic E-state index is 4.52. The number of hydrogen-bond acceptors (Lipinski definition) is 3. The lowest BCUT2D eigenvalue weighted by molar-refractivity contribution is 0.238. The molecule has 0 saturated carbocycles. The molecule has 3 rings (SSSR count). The largest absolute Gasteiger partial charge is 0.356 e. The van der Waals surface area contributed by atoms with E-state index in [1.165, 1.54) is 12.0 Å². The summed E-state index contributed by atoms with van der Waals surface area (Å²) in [6.45, 7) is 8.66. The van der Waals surface area contributed by atoms with Crippen molar-refractivity contribution in [2.75, 3.05) is 46.8 Å². The Balaban J connectivity index is 1.39. The van der Waals surface area contributed by atoms with Gasteiger partial charge in [-0.2, -0.15) is 0 Å². The Labute approximate surface area is 164 Å². The molecule has 5 nitrogen and oxygen atoms in total. The molecule has 2 atom stereocenters. The molecule has 2 aliphatic rings. The smallest absolute Gasteiger partial charge is 0.193 e. The highest BCUT2D eigenvalue weighted by Crippen LogP contribution is 2.18. The van der Waals surface area contributed by atoms with E-state index in [4.69, 9.17) is 0 Å². The number of likely N-dealkylation sites (tertiary alicyclic amines) is 1. The minimum atomic E-state index is 0.526. The maximum Gasteiger partial charge on any atom is 0.193 e. The number of aliphatic imine (C=N–C) groups is 1. The summed E-state index contributed by atoms with van der Waals surface area (Å²) in [7, 11) is 4.11. The van der Waals surface area contributed by atoms with Crippen molar-refractivity contribution < 1.29 is 0 Å². The first-order chi connectivity index (χ1) is 13.2. The third-order valence-electron chi connectivity index (χ3n) is 5.91. The average Bonchev–Trinajstić information content (AvgIpc) is 3.37. The van der Waals surface area contributed by atoms with Crippen LogP contribution in [0, 0.1) is 0 Å². The molecule has 1 N–H and O–H groups in total. The molecule has 2 unspecified atom stereocenters. The molecule has 0 aromatic heterocycles. The van der Waals surface area contributed by atoms with Gasteiger partial charge in [0.1, 0.15) is 0 Å². The van der Waals surface area contributed by atoms with Crippen LogP contribution >= 0.6 is 0 Å². The lowest BCUT2D eigenvalue weighted by Gasteiger charge is -2.27. The Kier molecular flexibility index (Phi) is 7.30. The Bertz CT molecular complexity index is 619. The predicted octanol–water partition coefficient (Wildman–Crippen LogP) is 2.42. The summed E-state index contributed by atoms with van der Waals surface area (Å²) >= 11 is 0. The third-order valence-corrected chi connectivity index (χ3v) is 5.91. The molecule has 1 fully saturated rings. The SMILES string of the molecule is CN=C(NCCC(C)N(C)Cc1ccccc1)N1CCC(N2CC=CC2)C1. The van der Waals surface area contributed by atoms with Gasteiger partial charge in [0.25, 0.3) is 0 Å². The van der Waals surface area contributed by atoms with Crippen LogP contribution in [-0.4, -0.2) is 79.6 Å². The molecule has 0 aliphatic carbocycles. The third kappa shape index (κ3) is 5.56. The lowest BCUT2D eigenvalue weighted by Crippen LogP contribution is -2.44. The van der Waals surface area contributed by atoms with E-state index < -0.39 is 0 Å². The van der Waals surface area contributed by atoms with Crippen LogP contribution in [-0.2, 0) is 6.54 Å². The van der Waals surface area contributed by atoms with Crippen LogP contribution in [0.3, 0.4) is 0 Å². The van der Waals surface area contributed by atoms with Gasteiger partial charge in [-0.15, -0.1) is 0 Å². The zero-order valence-corrected chi connectivity index (χ0v) is 17.1. The van der Waals surface area contributed by atoms with Gasteiger partial charge in [0.05, 0.1) is 0 Å². The summed E-state index contributed by atoms with van der Waals surface area (Å²) in [4.78, 5) is 11.9. The van der Waals surface area contributed by atoms with Crippen LogP contribution in [0.15, 0.2) is 47.5 Å². The Hall–Kier alpha value is -1.85. The molecule has 0 spiro atoms. The normalized spacial score (nSPS) is 22.0. The van der Waals surface area contributed by atoms with Crippen LogP contribution in [0.25, 0.3) is 0 Å². The molecule has 1 saturated heterocycles. The second-order valence-corrected chi connectivity index (χ2v) is 7.83. The van der Waals surface area contributed by atoms with Crippen molar-refractivity contribution >= 4 is 5.96 Å². The van der Waals surface area contributed by atoms with Gasteiger partial charge in [-0.25, -0.2) is 0 Å². The summed E-state index contributed by atoms with van der Waals surface area (Å²) in [6, 6.07) is 11.9. The van der Waals surface area contributed by atoms with E-state index in [1.807, 2.05) is 7.05 Å². The molecular formula is C22H35N5. The Morgan fingerprint density at radius 3 is 2.70 bits per heavy atom. The highest BCUT2D eigenvalue weighted by atomic mass is 15.3. The number of benzene rings is 1. The summed E-state index contributed by atoms with van der Waals surface area (Å²) in [5.41, 5.74) is 1.37. The molecule has 2 aliphatic heterocycles. The number of rotatable bonds is 7. The van der Waals surface area contributed by atoms with Crippen molar-refractivity contribution in [2.24, 2.45) is 4.99 Å². The van der Waals surface area contributed by atoms with Crippen LogP contribution in [0.5, 0.6) is 0 Å². The Morgan fingerprint density at radius 2 is 2.00 bits per heavy atom. The van der Waals surface area contributed by atoms with Crippen molar-refractivity contribution in [2.45, 2.75) is 38.4 Å². The average molecular weight is 370 g/mol. The number of nitrogens with zero attached hydrogens (tertiary/aromatic N) is 4. The van der Waals surface area contributed by atoms with E-state index in [-0.39, 0.29) is 0 Å². The maximum atomic E-state index is 4.52. The highest BCUT2D eigenvalue weighted by Gasteiger charge is 2.29. The molecule has 1 aromatic rings. The van der Waals surface area contributed by atoms with Crippen molar-refractivity contribution in [1.29, 1.82) is 0 Å². The Morgan fingerprint density at radius 1 is 1.26 bits per heavy atom. The van der Waals surface area contributed by atoms with E-state index in [1.54, 1.807) is 0 Å². The van der Waals surface area contributed by atoms with Gasteiger partial charge in [-0.1, -0.05) is 42.5 Å². The fraction of sp³-hybridized carbons (Fsp3) is 0.591. The number of nitrogens with one attached hydrogen (secondary N) is 1. The topological polar surface area (TPSA) is 34.1 Å². The van der Waals surface area contributed by atoms with Gasteiger partial charge in [0, 0.05) is 58.4 Å². The molecule has 0 amide bonds. The molecule has 27 heavy (non-hydrogen) atoms. The van der Waals surface area contributed by atoms with Crippen LogP contribution in [0.1, 0.15) is 25.3 Å². The molecule has 2 heterocycles. The van der Waals surface area contributed by atoms with E-state index in [0.29, 0.717) is 12.1 Å². The van der Waals surface area contributed by atoms with E-state index in [2.05, 4.69) is 81.5 Å². The van der Waals surface area contributed by atoms with Crippen molar-refractivity contribution in [3.8, 4) is 0 Å². The molecule has 1 aromatic carbocycles. The van der Waals surface area contributed by atoms with Crippen LogP contribution in [0.4, 0.5) is 0 Å². The summed E-state index contributed by atoms with van der Waals surface area (Å²) < 4.78 is 0. The highest BCUT2D eigenvalue weighted by molar-refractivity contribution is 5.80. The minimum Gasteiger partial charge on any atom is -0.356 e. The molecule has 0 bridgehead atoms. The van der Waals surface area contributed by atoms with Crippen molar-refractivity contribution in [3.05, 3.63) is 48.0 Å². The lowest BCUT2D eigenvalue weighted by atomic mass is 10.1. The van der Waals surface area contributed by atoms with Gasteiger partial charge in [0.15, 0.2) is 5.96 Å². The first-order valence-electron chi connectivity index (χ1n) is 10.3. The summed E-state index contributed by atoms with van der Waals surface area (Å²) in [5.74, 6) is 1.06. The van der Waals surface area contributed by atoms with Crippen molar-refractivity contribution in [1.82, 2.24) is 20.0 Å². The van der Waals surface area contributed by atoms with E-state index >= 15 is 0 Å². The van der Waals surface area contributed by atoms with Gasteiger partial charge in [-0.05, 0) is 32.4 Å². The summed E-state index contributed by atoms with van der Waals surface area (Å²) in [6.07, 6.45) is 6.90.